The van der Waals surface area contributed by atoms with E-state index >= 15 is 0 Å². The first-order valence-electron chi connectivity index (χ1n) is 5.20. The third-order valence-corrected chi connectivity index (χ3v) is 2.79. The summed E-state index contributed by atoms with van der Waals surface area (Å²) in [7, 11) is 0. The molecule has 3 rings (SSSR count). The molecule has 0 aliphatic rings. The molecule has 0 saturated heterocycles. The van der Waals surface area contributed by atoms with Crippen LogP contribution in [0.15, 0.2) is 42.7 Å². The van der Waals surface area contributed by atoms with Crippen molar-refractivity contribution in [1.29, 1.82) is 0 Å². The molecule has 3 aromatic rings. The molecule has 5 heteroatoms. The minimum absolute atomic E-state index is 0.375. The van der Waals surface area contributed by atoms with E-state index in [1.54, 1.807) is 23.1 Å². The van der Waals surface area contributed by atoms with E-state index in [1.807, 2.05) is 24.3 Å². The van der Waals surface area contributed by atoms with Crippen LogP contribution in [-0.4, -0.2) is 19.7 Å². The van der Waals surface area contributed by atoms with Crippen LogP contribution in [0.4, 0.5) is 0 Å². The van der Waals surface area contributed by atoms with Gasteiger partial charge in [0.2, 0.25) is 0 Å². The fourth-order valence-corrected chi connectivity index (χ4v) is 1.98. The van der Waals surface area contributed by atoms with Crippen molar-refractivity contribution in [3.63, 3.8) is 0 Å². The maximum Gasteiger partial charge on any atom is 0.251 e. The summed E-state index contributed by atoms with van der Waals surface area (Å²) in [5.74, 6) is 0.931. The molecule has 0 fully saturated rings. The predicted molar refractivity (Wildman–Crippen MR) is 66.2 cm³/mol. The number of halogens is 1. The standard InChI is InChI=1S/C12H9ClN4/c13-8-10-9-4-1-2-5-11(9)17(16-10)12-14-6-3-7-15-12/h1-7H,8H2. The zero-order chi connectivity index (χ0) is 11.7. The van der Waals surface area contributed by atoms with Gasteiger partial charge in [0.25, 0.3) is 5.95 Å². The first kappa shape index (κ1) is 10.2. The van der Waals surface area contributed by atoms with Crippen LogP contribution in [0.3, 0.4) is 0 Å². The molecule has 0 aliphatic carbocycles. The molecular formula is C12H9ClN4. The van der Waals surface area contributed by atoms with E-state index < -0.39 is 0 Å². The van der Waals surface area contributed by atoms with Crippen molar-refractivity contribution in [3.05, 3.63) is 48.4 Å². The number of nitrogens with zero attached hydrogens (tertiary/aromatic N) is 4. The normalized spacial score (nSPS) is 10.9. The van der Waals surface area contributed by atoms with Crippen LogP contribution in [0.2, 0.25) is 0 Å². The quantitative estimate of drug-likeness (QED) is 0.651. The van der Waals surface area contributed by atoms with Crippen molar-refractivity contribution in [2.24, 2.45) is 0 Å². The first-order valence-corrected chi connectivity index (χ1v) is 5.73. The van der Waals surface area contributed by atoms with Gasteiger partial charge in [-0.1, -0.05) is 18.2 Å². The number of alkyl halides is 1. The summed E-state index contributed by atoms with van der Waals surface area (Å²) in [4.78, 5) is 8.39. The van der Waals surface area contributed by atoms with Crippen LogP contribution in [0.1, 0.15) is 5.69 Å². The fraction of sp³-hybridized carbons (Fsp3) is 0.0833. The van der Waals surface area contributed by atoms with Gasteiger partial charge in [-0.05, 0) is 12.1 Å². The average Bonchev–Trinajstić information content (AvgIpc) is 2.78. The lowest BCUT2D eigenvalue weighted by Gasteiger charge is -1.99. The van der Waals surface area contributed by atoms with Crippen molar-refractivity contribution >= 4 is 22.5 Å². The summed E-state index contributed by atoms with van der Waals surface area (Å²) in [5, 5.41) is 5.47. The lowest BCUT2D eigenvalue weighted by atomic mass is 10.2. The molecule has 17 heavy (non-hydrogen) atoms. The van der Waals surface area contributed by atoms with Crippen molar-refractivity contribution in [1.82, 2.24) is 19.7 Å². The lowest BCUT2D eigenvalue weighted by molar-refractivity contribution is 0.816. The summed E-state index contributed by atoms with van der Waals surface area (Å²) < 4.78 is 1.72. The second-order valence-electron chi connectivity index (χ2n) is 3.56. The number of fused-ring (bicyclic) bond motifs is 1. The highest BCUT2D eigenvalue weighted by Gasteiger charge is 2.11. The van der Waals surface area contributed by atoms with Crippen LogP contribution in [0, 0.1) is 0 Å². The summed E-state index contributed by atoms with van der Waals surface area (Å²) in [5.41, 5.74) is 1.81. The zero-order valence-corrected chi connectivity index (χ0v) is 9.67. The maximum absolute atomic E-state index is 5.89. The van der Waals surface area contributed by atoms with Gasteiger partial charge in [0, 0.05) is 17.8 Å². The molecule has 0 atom stereocenters. The van der Waals surface area contributed by atoms with Gasteiger partial charge >= 0.3 is 0 Å². The molecule has 0 radical (unpaired) electrons. The largest absolute Gasteiger partial charge is 0.251 e. The molecule has 84 valence electrons. The van der Waals surface area contributed by atoms with Gasteiger partial charge in [0.05, 0.1) is 17.1 Å². The Bertz CT molecular complexity index is 648. The van der Waals surface area contributed by atoms with E-state index in [2.05, 4.69) is 15.1 Å². The highest BCUT2D eigenvalue weighted by molar-refractivity contribution is 6.17. The van der Waals surface area contributed by atoms with Crippen LogP contribution >= 0.6 is 11.6 Å². The molecule has 0 N–H and O–H groups in total. The number of para-hydroxylation sites is 1. The van der Waals surface area contributed by atoms with E-state index in [0.717, 1.165) is 16.6 Å². The van der Waals surface area contributed by atoms with Crippen molar-refractivity contribution < 1.29 is 0 Å². The van der Waals surface area contributed by atoms with Crippen molar-refractivity contribution in [3.8, 4) is 5.95 Å². The molecule has 0 spiro atoms. The number of rotatable bonds is 2. The van der Waals surface area contributed by atoms with Crippen LogP contribution in [0.25, 0.3) is 16.9 Å². The molecule has 0 saturated carbocycles. The van der Waals surface area contributed by atoms with Gasteiger partial charge < -0.3 is 0 Å². The number of hydrogen-bond donors (Lipinski definition) is 0. The fourth-order valence-electron chi connectivity index (χ4n) is 1.78. The molecule has 0 bridgehead atoms. The third-order valence-electron chi connectivity index (χ3n) is 2.53. The predicted octanol–water partition coefficient (Wildman–Crippen LogP) is 2.55. The van der Waals surface area contributed by atoms with E-state index in [4.69, 9.17) is 11.6 Å². The van der Waals surface area contributed by atoms with Gasteiger partial charge in [-0.25, -0.2) is 9.97 Å². The van der Waals surface area contributed by atoms with E-state index in [1.165, 1.54) is 0 Å². The van der Waals surface area contributed by atoms with Crippen LogP contribution in [0.5, 0.6) is 0 Å². The molecule has 2 aromatic heterocycles. The van der Waals surface area contributed by atoms with Crippen molar-refractivity contribution in [2.45, 2.75) is 5.88 Å². The average molecular weight is 245 g/mol. The van der Waals surface area contributed by atoms with Gasteiger partial charge in [0.15, 0.2) is 0 Å². The summed E-state index contributed by atoms with van der Waals surface area (Å²) in [6, 6.07) is 9.68. The highest BCUT2D eigenvalue weighted by atomic mass is 35.5. The molecule has 1 aromatic carbocycles. The van der Waals surface area contributed by atoms with E-state index in [9.17, 15) is 0 Å². The maximum atomic E-state index is 5.89. The molecular weight excluding hydrogens is 236 g/mol. The molecule has 0 unspecified atom stereocenters. The van der Waals surface area contributed by atoms with Crippen LogP contribution in [-0.2, 0) is 5.88 Å². The Morgan fingerprint density at radius 1 is 1.06 bits per heavy atom. The molecule has 2 heterocycles. The Labute approximate surface area is 103 Å². The second kappa shape index (κ2) is 4.14. The Balaban J connectivity index is 2.31. The minimum atomic E-state index is 0.375. The summed E-state index contributed by atoms with van der Waals surface area (Å²) in [6.45, 7) is 0. The highest BCUT2D eigenvalue weighted by Crippen LogP contribution is 2.21. The topological polar surface area (TPSA) is 43.6 Å². The Hall–Kier alpha value is -1.94. The SMILES string of the molecule is ClCc1nn(-c2ncccn2)c2ccccc12. The zero-order valence-electron chi connectivity index (χ0n) is 8.92. The minimum Gasteiger partial charge on any atom is -0.220 e. The second-order valence-corrected chi connectivity index (χ2v) is 3.83. The number of hydrogen-bond acceptors (Lipinski definition) is 3. The van der Waals surface area contributed by atoms with E-state index in [0.29, 0.717) is 11.8 Å². The number of benzene rings is 1. The molecule has 0 amide bonds. The van der Waals surface area contributed by atoms with Crippen molar-refractivity contribution in [2.75, 3.05) is 0 Å². The Morgan fingerprint density at radius 3 is 2.59 bits per heavy atom. The summed E-state index contributed by atoms with van der Waals surface area (Å²) in [6.07, 6.45) is 3.39. The molecule has 0 aliphatic heterocycles. The Morgan fingerprint density at radius 2 is 1.82 bits per heavy atom. The van der Waals surface area contributed by atoms with Gasteiger partial charge in [-0.3, -0.25) is 0 Å². The third kappa shape index (κ3) is 1.66. The Kier molecular flexibility index (Phi) is 2.49. The van der Waals surface area contributed by atoms with E-state index in [-0.39, 0.29) is 0 Å². The van der Waals surface area contributed by atoms with Crippen LogP contribution < -0.4 is 0 Å². The number of aromatic nitrogens is 4. The molecule has 4 nitrogen and oxygen atoms in total. The summed E-state index contributed by atoms with van der Waals surface area (Å²) >= 11 is 5.89. The lowest BCUT2D eigenvalue weighted by Crippen LogP contribution is -2.01. The first-order chi connectivity index (χ1) is 8.40. The van der Waals surface area contributed by atoms with Gasteiger partial charge in [-0.15, -0.1) is 11.6 Å². The monoisotopic (exact) mass is 244 g/mol. The van der Waals surface area contributed by atoms with Gasteiger partial charge in [0.1, 0.15) is 0 Å². The van der Waals surface area contributed by atoms with Gasteiger partial charge in [-0.2, -0.15) is 9.78 Å². The smallest absolute Gasteiger partial charge is 0.220 e.